The molecule has 0 N–H and O–H groups in total. The molecular formula is C8H3Br3N2. The maximum Gasteiger partial charge on any atom is 0.137 e. The first-order valence-electron chi connectivity index (χ1n) is 3.20. The summed E-state index contributed by atoms with van der Waals surface area (Å²) in [6, 6.07) is 2.07. The van der Waals surface area contributed by atoms with Gasteiger partial charge < -0.3 is 4.57 Å². The Labute approximate surface area is 101 Å². The molecule has 2 nitrogen and oxygen atoms in total. The van der Waals surface area contributed by atoms with E-state index in [1.807, 2.05) is 0 Å². The van der Waals surface area contributed by atoms with E-state index < -0.39 is 0 Å². The van der Waals surface area contributed by atoms with Crippen LogP contribution in [0.3, 0.4) is 0 Å². The highest BCUT2D eigenvalue weighted by Gasteiger charge is 2.16. The minimum atomic E-state index is 0.369. The molecule has 0 amide bonds. The number of aromatic nitrogens is 1. The average molecular weight is 367 g/mol. The first-order chi connectivity index (χ1) is 6.13. The Morgan fingerprint density at radius 3 is 2.38 bits per heavy atom. The van der Waals surface area contributed by atoms with E-state index in [1.54, 1.807) is 4.57 Å². The van der Waals surface area contributed by atoms with Crippen molar-refractivity contribution in [2.24, 2.45) is 0 Å². The molecule has 0 aliphatic heterocycles. The van der Waals surface area contributed by atoms with Gasteiger partial charge in [-0.3, -0.25) is 0 Å². The number of nitrogens with zero attached hydrogens (tertiary/aromatic N) is 2. The van der Waals surface area contributed by atoms with Gasteiger partial charge >= 0.3 is 0 Å². The van der Waals surface area contributed by atoms with Crippen LogP contribution in [-0.2, 0) is 6.54 Å². The molecule has 0 atom stereocenters. The van der Waals surface area contributed by atoms with Crippen LogP contribution in [0.15, 0.2) is 13.5 Å². The van der Waals surface area contributed by atoms with Gasteiger partial charge in [-0.1, -0.05) is 5.92 Å². The Morgan fingerprint density at radius 1 is 1.31 bits per heavy atom. The lowest BCUT2D eigenvalue weighted by atomic mass is 10.4. The summed E-state index contributed by atoms with van der Waals surface area (Å²) < 4.78 is 4.00. The van der Waals surface area contributed by atoms with Gasteiger partial charge in [0.15, 0.2) is 0 Å². The highest BCUT2D eigenvalue weighted by molar-refractivity contribution is 9.14. The van der Waals surface area contributed by atoms with E-state index in [0.717, 1.165) is 13.5 Å². The number of hydrogen-bond donors (Lipinski definition) is 0. The molecule has 1 rings (SSSR count). The number of halogens is 3. The summed E-state index contributed by atoms with van der Waals surface area (Å²) in [5.74, 6) is 2.48. The molecule has 13 heavy (non-hydrogen) atoms. The van der Waals surface area contributed by atoms with E-state index in [0.29, 0.717) is 12.2 Å². The van der Waals surface area contributed by atoms with Gasteiger partial charge in [0.05, 0.1) is 15.5 Å². The minimum Gasteiger partial charge on any atom is -0.313 e. The van der Waals surface area contributed by atoms with Gasteiger partial charge in [0.25, 0.3) is 0 Å². The second-order valence-electron chi connectivity index (χ2n) is 2.17. The van der Waals surface area contributed by atoms with E-state index in [-0.39, 0.29) is 0 Å². The van der Waals surface area contributed by atoms with Gasteiger partial charge in [0.1, 0.15) is 16.4 Å². The molecule has 0 radical (unpaired) electrons. The van der Waals surface area contributed by atoms with Crippen LogP contribution in [0, 0.1) is 23.7 Å². The van der Waals surface area contributed by atoms with Crippen LogP contribution in [0.1, 0.15) is 5.69 Å². The largest absolute Gasteiger partial charge is 0.313 e. The highest BCUT2D eigenvalue weighted by Crippen LogP contribution is 2.36. The first kappa shape index (κ1) is 10.8. The number of rotatable bonds is 1. The Hall–Kier alpha value is -0.230. The van der Waals surface area contributed by atoms with Gasteiger partial charge in [-0.25, -0.2) is 0 Å². The van der Waals surface area contributed by atoms with Crippen molar-refractivity contribution in [2.45, 2.75) is 6.54 Å². The SMILES string of the molecule is C#CCn1c(Br)c(Br)c(Br)c1C#N. The van der Waals surface area contributed by atoms with Crippen molar-refractivity contribution in [3.05, 3.63) is 19.2 Å². The first-order valence-corrected chi connectivity index (χ1v) is 5.58. The average Bonchev–Trinajstić information content (AvgIpc) is 2.32. The summed E-state index contributed by atoms with van der Waals surface area (Å²) in [6.07, 6.45) is 5.18. The van der Waals surface area contributed by atoms with Gasteiger partial charge in [0.2, 0.25) is 0 Å². The smallest absolute Gasteiger partial charge is 0.137 e. The molecule has 0 aromatic carbocycles. The molecule has 0 bridgehead atoms. The van der Waals surface area contributed by atoms with Gasteiger partial charge in [-0.15, -0.1) is 6.42 Å². The van der Waals surface area contributed by atoms with Crippen molar-refractivity contribution in [1.82, 2.24) is 4.57 Å². The molecule has 0 saturated heterocycles. The van der Waals surface area contributed by atoms with E-state index in [2.05, 4.69) is 59.8 Å². The molecule has 5 heteroatoms. The van der Waals surface area contributed by atoms with Crippen molar-refractivity contribution in [1.29, 1.82) is 5.26 Å². The highest BCUT2D eigenvalue weighted by atomic mass is 79.9. The van der Waals surface area contributed by atoms with Crippen molar-refractivity contribution >= 4 is 47.8 Å². The van der Waals surface area contributed by atoms with Crippen LogP contribution < -0.4 is 0 Å². The van der Waals surface area contributed by atoms with E-state index in [4.69, 9.17) is 11.7 Å². The zero-order valence-electron chi connectivity index (χ0n) is 6.31. The van der Waals surface area contributed by atoms with Crippen LogP contribution in [0.25, 0.3) is 0 Å². The Kier molecular flexibility index (Phi) is 3.61. The molecule has 0 aliphatic carbocycles. The van der Waals surface area contributed by atoms with Crippen LogP contribution in [0.2, 0.25) is 0 Å². The predicted octanol–water partition coefficient (Wildman–Crippen LogP) is 3.28. The third-order valence-electron chi connectivity index (χ3n) is 1.44. The summed E-state index contributed by atoms with van der Waals surface area (Å²) in [6.45, 7) is 0.369. The molecule has 0 fully saturated rings. The fourth-order valence-electron chi connectivity index (χ4n) is 0.879. The van der Waals surface area contributed by atoms with Crippen LogP contribution >= 0.6 is 47.8 Å². The quantitative estimate of drug-likeness (QED) is 0.701. The second kappa shape index (κ2) is 4.32. The molecule has 66 valence electrons. The molecule has 1 aromatic rings. The Balaban J connectivity index is 3.43. The lowest BCUT2D eigenvalue weighted by Gasteiger charge is -1.99. The minimum absolute atomic E-state index is 0.369. The van der Waals surface area contributed by atoms with Gasteiger partial charge in [0, 0.05) is 0 Å². The van der Waals surface area contributed by atoms with Crippen molar-refractivity contribution in [3.8, 4) is 18.4 Å². The Morgan fingerprint density at radius 2 is 1.92 bits per heavy atom. The predicted molar refractivity (Wildman–Crippen MR) is 61.1 cm³/mol. The monoisotopic (exact) mass is 364 g/mol. The fourth-order valence-corrected chi connectivity index (χ4v) is 2.54. The maximum absolute atomic E-state index is 8.85. The van der Waals surface area contributed by atoms with Crippen LogP contribution in [0.5, 0.6) is 0 Å². The molecule has 1 aromatic heterocycles. The number of hydrogen-bond acceptors (Lipinski definition) is 1. The molecular weight excluding hydrogens is 364 g/mol. The molecule has 0 aliphatic rings. The fraction of sp³-hybridized carbons (Fsp3) is 0.125. The lowest BCUT2D eigenvalue weighted by Crippen LogP contribution is -1.98. The van der Waals surface area contributed by atoms with Crippen molar-refractivity contribution in [2.75, 3.05) is 0 Å². The second-order valence-corrected chi connectivity index (χ2v) is 4.51. The molecule has 0 unspecified atom stereocenters. The van der Waals surface area contributed by atoms with Gasteiger partial charge in [-0.05, 0) is 47.8 Å². The lowest BCUT2D eigenvalue weighted by molar-refractivity contribution is 0.812. The molecule has 0 saturated carbocycles. The third-order valence-corrected chi connectivity index (χ3v) is 4.88. The van der Waals surface area contributed by atoms with E-state index in [9.17, 15) is 0 Å². The van der Waals surface area contributed by atoms with Crippen molar-refractivity contribution in [3.63, 3.8) is 0 Å². The molecule has 0 spiro atoms. The number of nitriles is 1. The molecule has 1 heterocycles. The van der Waals surface area contributed by atoms with Gasteiger partial charge in [-0.2, -0.15) is 5.26 Å². The normalized spacial score (nSPS) is 9.31. The summed E-state index contributed by atoms with van der Waals surface area (Å²) in [7, 11) is 0. The topological polar surface area (TPSA) is 28.7 Å². The van der Waals surface area contributed by atoms with Crippen LogP contribution in [0.4, 0.5) is 0 Å². The van der Waals surface area contributed by atoms with E-state index in [1.165, 1.54) is 0 Å². The summed E-state index contributed by atoms with van der Waals surface area (Å²) in [5, 5.41) is 8.85. The number of terminal acetylenes is 1. The summed E-state index contributed by atoms with van der Waals surface area (Å²) in [5.41, 5.74) is 0.511. The summed E-state index contributed by atoms with van der Waals surface area (Å²) >= 11 is 9.95. The zero-order valence-corrected chi connectivity index (χ0v) is 11.1. The maximum atomic E-state index is 8.85. The summed E-state index contributed by atoms with van der Waals surface area (Å²) in [4.78, 5) is 0. The van der Waals surface area contributed by atoms with Crippen molar-refractivity contribution < 1.29 is 0 Å². The zero-order chi connectivity index (χ0) is 10.0. The standard InChI is InChI=1S/C8H3Br3N2/c1-2-3-13-5(4-12)6(9)7(10)8(13)11/h1H,3H2. The van der Waals surface area contributed by atoms with E-state index >= 15 is 0 Å². The Bertz CT molecular complexity index is 420. The van der Waals surface area contributed by atoms with Crippen LogP contribution in [-0.4, -0.2) is 4.57 Å². The third kappa shape index (κ3) is 1.83.